The molecule has 0 bridgehead atoms. The molecule has 1 aromatic heterocycles. The van der Waals surface area contributed by atoms with Crippen LogP contribution in [0.1, 0.15) is 42.8 Å². The Hall–Kier alpha value is -1.61. The van der Waals surface area contributed by atoms with E-state index >= 15 is 0 Å². The number of hydrogen-bond donors (Lipinski definition) is 1. The van der Waals surface area contributed by atoms with Crippen molar-refractivity contribution < 1.29 is 0 Å². The van der Waals surface area contributed by atoms with Gasteiger partial charge in [-0.15, -0.1) is 0 Å². The molecule has 0 spiro atoms. The van der Waals surface area contributed by atoms with Gasteiger partial charge in [0.15, 0.2) is 0 Å². The summed E-state index contributed by atoms with van der Waals surface area (Å²) in [4.78, 5) is 0. The smallest absolute Gasteiger partial charge is 0.0641 e. The molecular formula is C18H27N3. The number of aryl methyl sites for hydroxylation is 3. The second-order valence-electron chi connectivity index (χ2n) is 6.50. The highest BCUT2D eigenvalue weighted by Crippen LogP contribution is 2.17. The molecular weight excluding hydrogens is 258 g/mol. The van der Waals surface area contributed by atoms with Crippen LogP contribution < -0.4 is 5.32 Å². The van der Waals surface area contributed by atoms with Crippen molar-refractivity contribution >= 4 is 0 Å². The second kappa shape index (κ2) is 6.44. The number of hydrogen-bond acceptors (Lipinski definition) is 2. The van der Waals surface area contributed by atoms with Gasteiger partial charge in [0.25, 0.3) is 0 Å². The molecule has 2 rings (SSSR count). The lowest BCUT2D eigenvalue weighted by Crippen LogP contribution is -2.39. The molecule has 2 aromatic rings. The van der Waals surface area contributed by atoms with Gasteiger partial charge in [-0.1, -0.05) is 30.3 Å². The van der Waals surface area contributed by atoms with Crippen molar-refractivity contribution in [3.05, 3.63) is 52.8 Å². The van der Waals surface area contributed by atoms with E-state index in [-0.39, 0.29) is 5.54 Å². The number of rotatable bonds is 6. The van der Waals surface area contributed by atoms with Crippen molar-refractivity contribution in [2.75, 3.05) is 0 Å². The maximum atomic E-state index is 4.48. The van der Waals surface area contributed by atoms with E-state index < -0.39 is 0 Å². The van der Waals surface area contributed by atoms with E-state index in [1.807, 2.05) is 11.7 Å². The van der Waals surface area contributed by atoms with Gasteiger partial charge < -0.3 is 5.32 Å². The van der Waals surface area contributed by atoms with Gasteiger partial charge in [-0.3, -0.25) is 4.68 Å². The molecule has 0 amide bonds. The van der Waals surface area contributed by atoms with Gasteiger partial charge in [0.05, 0.1) is 5.69 Å². The average molecular weight is 285 g/mol. The van der Waals surface area contributed by atoms with Gasteiger partial charge in [0.1, 0.15) is 0 Å². The highest BCUT2D eigenvalue weighted by molar-refractivity contribution is 5.24. The van der Waals surface area contributed by atoms with Gasteiger partial charge in [-0.2, -0.15) is 5.10 Å². The molecule has 3 nitrogen and oxygen atoms in total. The molecule has 0 unspecified atom stereocenters. The van der Waals surface area contributed by atoms with Crippen LogP contribution >= 0.6 is 0 Å². The molecule has 21 heavy (non-hydrogen) atoms. The van der Waals surface area contributed by atoms with Crippen LogP contribution in [0, 0.1) is 13.8 Å². The second-order valence-corrected chi connectivity index (χ2v) is 6.50. The molecule has 0 aliphatic heterocycles. The summed E-state index contributed by atoms with van der Waals surface area (Å²) in [6.07, 6.45) is 2.22. The van der Waals surface area contributed by atoms with Crippen LogP contribution in [-0.4, -0.2) is 15.3 Å². The molecule has 0 atom stereocenters. The molecule has 0 saturated carbocycles. The first-order valence-electron chi connectivity index (χ1n) is 7.67. The van der Waals surface area contributed by atoms with Crippen molar-refractivity contribution in [1.29, 1.82) is 0 Å². The standard InChI is InChI=1S/C18H27N3/c1-14-17(15(2)21(5)20-14)13-19-18(3,4)12-11-16-9-7-6-8-10-16/h6-10,19H,11-13H2,1-5H3. The fourth-order valence-corrected chi connectivity index (χ4v) is 2.59. The van der Waals surface area contributed by atoms with Gasteiger partial charge in [0, 0.05) is 30.4 Å². The van der Waals surface area contributed by atoms with Crippen LogP contribution in [-0.2, 0) is 20.0 Å². The van der Waals surface area contributed by atoms with Gasteiger partial charge in [-0.25, -0.2) is 0 Å². The van der Waals surface area contributed by atoms with Crippen molar-refractivity contribution in [3.63, 3.8) is 0 Å². The van der Waals surface area contributed by atoms with Crippen LogP contribution in [0.5, 0.6) is 0 Å². The van der Waals surface area contributed by atoms with Gasteiger partial charge in [-0.05, 0) is 46.1 Å². The third-order valence-corrected chi connectivity index (χ3v) is 4.28. The first-order chi connectivity index (χ1) is 9.89. The lowest BCUT2D eigenvalue weighted by Gasteiger charge is -2.26. The summed E-state index contributed by atoms with van der Waals surface area (Å²) in [5.74, 6) is 0. The first-order valence-corrected chi connectivity index (χ1v) is 7.67. The Balaban J connectivity index is 1.92. The monoisotopic (exact) mass is 285 g/mol. The molecule has 3 heteroatoms. The average Bonchev–Trinajstić information content (AvgIpc) is 2.69. The molecule has 0 fully saturated rings. The van der Waals surface area contributed by atoms with E-state index in [1.54, 1.807) is 0 Å². The Morgan fingerprint density at radius 2 is 1.81 bits per heavy atom. The van der Waals surface area contributed by atoms with Crippen LogP contribution in [0.2, 0.25) is 0 Å². The van der Waals surface area contributed by atoms with Crippen molar-refractivity contribution in [2.45, 2.75) is 52.6 Å². The highest BCUT2D eigenvalue weighted by Gasteiger charge is 2.18. The molecule has 1 N–H and O–H groups in total. The van der Waals surface area contributed by atoms with Crippen molar-refractivity contribution in [2.24, 2.45) is 7.05 Å². The Morgan fingerprint density at radius 3 is 2.38 bits per heavy atom. The quantitative estimate of drug-likeness (QED) is 0.880. The van der Waals surface area contributed by atoms with Crippen LogP contribution in [0.4, 0.5) is 0 Å². The third kappa shape index (κ3) is 4.18. The van der Waals surface area contributed by atoms with E-state index in [0.717, 1.165) is 25.1 Å². The number of benzene rings is 1. The molecule has 1 heterocycles. The summed E-state index contributed by atoms with van der Waals surface area (Å²) >= 11 is 0. The summed E-state index contributed by atoms with van der Waals surface area (Å²) in [7, 11) is 2.01. The first kappa shape index (κ1) is 15.8. The lowest BCUT2D eigenvalue weighted by molar-refractivity contribution is 0.359. The Labute approximate surface area is 128 Å². The zero-order valence-electron chi connectivity index (χ0n) is 13.9. The number of nitrogens with zero attached hydrogens (tertiary/aromatic N) is 2. The number of aromatic nitrogens is 2. The zero-order chi connectivity index (χ0) is 15.5. The topological polar surface area (TPSA) is 29.9 Å². The summed E-state index contributed by atoms with van der Waals surface area (Å²) in [5, 5.41) is 8.17. The summed E-state index contributed by atoms with van der Waals surface area (Å²) < 4.78 is 1.96. The van der Waals surface area contributed by atoms with Crippen molar-refractivity contribution in [1.82, 2.24) is 15.1 Å². The third-order valence-electron chi connectivity index (χ3n) is 4.28. The molecule has 114 valence electrons. The minimum absolute atomic E-state index is 0.116. The fourth-order valence-electron chi connectivity index (χ4n) is 2.59. The normalized spacial score (nSPS) is 11.9. The van der Waals surface area contributed by atoms with Gasteiger partial charge in [0.2, 0.25) is 0 Å². The van der Waals surface area contributed by atoms with Gasteiger partial charge >= 0.3 is 0 Å². The SMILES string of the molecule is Cc1nn(C)c(C)c1CNC(C)(C)CCc1ccccc1. The molecule has 0 aliphatic rings. The highest BCUT2D eigenvalue weighted by atomic mass is 15.3. The predicted octanol–water partition coefficient (Wildman–Crippen LogP) is 3.54. The maximum Gasteiger partial charge on any atom is 0.0641 e. The van der Waals surface area contributed by atoms with Crippen LogP contribution in [0.15, 0.2) is 30.3 Å². The van der Waals surface area contributed by atoms with Crippen LogP contribution in [0.3, 0.4) is 0 Å². The zero-order valence-corrected chi connectivity index (χ0v) is 13.9. The summed E-state index contributed by atoms with van der Waals surface area (Å²) in [6.45, 7) is 9.65. The van der Waals surface area contributed by atoms with E-state index in [0.29, 0.717) is 0 Å². The Kier molecular flexibility index (Phi) is 4.84. The molecule has 0 aliphatic carbocycles. The largest absolute Gasteiger partial charge is 0.308 e. The van der Waals surface area contributed by atoms with Crippen LogP contribution in [0.25, 0.3) is 0 Å². The predicted molar refractivity (Wildman–Crippen MR) is 88.4 cm³/mol. The van der Waals surface area contributed by atoms with E-state index in [1.165, 1.54) is 16.8 Å². The minimum Gasteiger partial charge on any atom is -0.308 e. The summed E-state index contributed by atoms with van der Waals surface area (Å²) in [6, 6.07) is 10.7. The fraction of sp³-hybridized carbons (Fsp3) is 0.500. The molecule has 0 saturated heterocycles. The number of nitrogens with one attached hydrogen (secondary N) is 1. The van der Waals surface area contributed by atoms with E-state index in [9.17, 15) is 0 Å². The molecule has 1 aromatic carbocycles. The van der Waals surface area contributed by atoms with E-state index in [4.69, 9.17) is 0 Å². The Bertz CT molecular complexity index is 582. The van der Waals surface area contributed by atoms with Crippen molar-refractivity contribution in [3.8, 4) is 0 Å². The molecule has 0 radical (unpaired) electrons. The summed E-state index contributed by atoms with van der Waals surface area (Å²) in [5.41, 5.74) is 5.22. The van der Waals surface area contributed by atoms with E-state index in [2.05, 4.69) is 68.4 Å². The minimum atomic E-state index is 0.116. The Morgan fingerprint density at radius 1 is 1.14 bits per heavy atom. The maximum absolute atomic E-state index is 4.48. The lowest BCUT2D eigenvalue weighted by atomic mass is 9.95.